The summed E-state index contributed by atoms with van der Waals surface area (Å²) in [6.45, 7) is 0. The lowest BCUT2D eigenvalue weighted by Gasteiger charge is -2.26. The highest BCUT2D eigenvalue weighted by atomic mass is 16.3. The molecule has 2 heterocycles. The summed E-state index contributed by atoms with van der Waals surface area (Å²) in [4.78, 5) is 2.02. The van der Waals surface area contributed by atoms with E-state index in [9.17, 15) is 1.37 Å². The van der Waals surface area contributed by atoms with Crippen LogP contribution in [0.3, 0.4) is 0 Å². The number of furan rings is 2. The van der Waals surface area contributed by atoms with Gasteiger partial charge in [0, 0.05) is 38.6 Å². The Bertz CT molecular complexity index is 3850. The summed E-state index contributed by atoms with van der Waals surface area (Å²) in [6, 6.07) is 35.9. The van der Waals surface area contributed by atoms with Crippen LogP contribution in [0.5, 0.6) is 0 Å². The second kappa shape index (κ2) is 12.6. The van der Waals surface area contributed by atoms with Crippen molar-refractivity contribution < 1.29 is 25.3 Å². The maximum atomic E-state index is 9.55. The van der Waals surface area contributed by atoms with Crippen molar-refractivity contribution in [3.05, 3.63) is 200 Å². The van der Waals surface area contributed by atoms with Crippen LogP contribution in [0.1, 0.15) is 16.4 Å². The first kappa shape index (κ1) is 21.4. The lowest BCUT2D eigenvalue weighted by molar-refractivity contribution is 0.668. The Labute approximate surface area is 334 Å². The molecule has 0 N–H and O–H groups in total. The fraction of sp³-hybridized carbons (Fsp3) is 0. The van der Waals surface area contributed by atoms with Crippen molar-refractivity contribution >= 4 is 71.7 Å². The Morgan fingerprint density at radius 2 is 0.982 bits per heavy atom. The van der Waals surface area contributed by atoms with Crippen LogP contribution in [0.25, 0.3) is 88.0 Å². The maximum Gasteiger partial charge on any atom is 0.136 e. The Balaban J connectivity index is 1.04. The van der Waals surface area contributed by atoms with Crippen LogP contribution >= 0.6 is 0 Å². The molecule has 0 fully saturated rings. The van der Waals surface area contributed by atoms with Gasteiger partial charge in [-0.3, -0.25) is 0 Å². The molecule has 0 bridgehead atoms. The fourth-order valence-electron chi connectivity index (χ4n) is 7.45. The molecule has 11 rings (SSSR count). The van der Waals surface area contributed by atoms with E-state index in [1.54, 1.807) is 24.3 Å². The first-order valence-electron chi connectivity index (χ1n) is 23.7. The van der Waals surface area contributed by atoms with Gasteiger partial charge in [0.05, 0.1) is 16.4 Å². The summed E-state index contributed by atoms with van der Waals surface area (Å²) >= 11 is 0. The molecule has 0 unspecified atom stereocenters. The van der Waals surface area contributed by atoms with Crippen molar-refractivity contribution in [3.8, 4) is 33.4 Å². The van der Waals surface area contributed by atoms with Gasteiger partial charge < -0.3 is 13.7 Å². The quantitative estimate of drug-likeness (QED) is 0.172. The van der Waals surface area contributed by atoms with Crippen LogP contribution in [-0.4, -0.2) is 0 Å². The van der Waals surface area contributed by atoms with Crippen molar-refractivity contribution in [2.24, 2.45) is 0 Å². The third-order valence-electron chi connectivity index (χ3n) is 10.0. The minimum Gasteiger partial charge on any atom is -0.456 e. The zero-order chi connectivity index (χ0) is 46.7. The molecule has 9 aromatic carbocycles. The second-order valence-electron chi connectivity index (χ2n) is 13.2. The largest absolute Gasteiger partial charge is 0.456 e. The highest BCUT2D eigenvalue weighted by Crippen LogP contribution is 2.41. The third-order valence-corrected chi connectivity index (χ3v) is 10.0. The van der Waals surface area contributed by atoms with Gasteiger partial charge in [-0.15, -0.1) is 0 Å². The van der Waals surface area contributed by atoms with E-state index in [0.717, 1.165) is 44.4 Å². The predicted molar refractivity (Wildman–Crippen MR) is 229 cm³/mol. The van der Waals surface area contributed by atoms with E-state index < -0.39 is 36.3 Å². The Hall–Kier alpha value is -7.36. The normalized spacial score (nSPS) is 14.7. The van der Waals surface area contributed by atoms with Crippen molar-refractivity contribution in [1.82, 2.24) is 0 Å². The van der Waals surface area contributed by atoms with Crippen molar-refractivity contribution in [2.75, 3.05) is 4.90 Å². The van der Waals surface area contributed by atoms with Gasteiger partial charge in [-0.2, -0.15) is 0 Å². The van der Waals surface area contributed by atoms with E-state index in [1.807, 2.05) is 102 Å². The van der Waals surface area contributed by atoms with E-state index in [0.29, 0.717) is 22.4 Å². The molecule has 0 aliphatic carbocycles. The van der Waals surface area contributed by atoms with Gasteiger partial charge in [-0.25, -0.2) is 0 Å². The molecule has 0 saturated carbocycles. The number of rotatable bonds is 6. The summed E-state index contributed by atoms with van der Waals surface area (Å²) in [5.74, 6) is 0. The molecular weight excluding hydrogens is 671 g/mol. The average molecular weight is 716 g/mol. The van der Waals surface area contributed by atoms with E-state index in [2.05, 4.69) is 6.07 Å². The summed E-state index contributed by atoms with van der Waals surface area (Å²) < 4.78 is 115. The molecule has 0 atom stereocenters. The van der Waals surface area contributed by atoms with Gasteiger partial charge in [-0.1, -0.05) is 133 Å². The van der Waals surface area contributed by atoms with Crippen LogP contribution in [-0.2, 0) is 0 Å². The molecule has 0 amide bonds. The lowest BCUT2D eigenvalue weighted by atomic mass is 9.97. The van der Waals surface area contributed by atoms with E-state index in [1.165, 1.54) is 0 Å². The monoisotopic (exact) mass is 715 g/mol. The molecule has 55 heavy (non-hydrogen) atoms. The first-order valence-corrected chi connectivity index (χ1v) is 17.7. The number of para-hydroxylation sites is 2. The van der Waals surface area contributed by atoms with Gasteiger partial charge in [0.25, 0.3) is 0 Å². The number of fused-ring (bicyclic) bond motifs is 8. The van der Waals surface area contributed by atoms with Crippen molar-refractivity contribution in [3.63, 3.8) is 0 Å². The molecule has 11 aromatic rings. The molecule has 3 heteroatoms. The topological polar surface area (TPSA) is 29.5 Å². The van der Waals surface area contributed by atoms with Crippen LogP contribution < -0.4 is 4.90 Å². The summed E-state index contributed by atoms with van der Waals surface area (Å²) in [7, 11) is 0. The number of hydrogen-bond acceptors (Lipinski definition) is 3. The highest BCUT2D eigenvalue weighted by Gasteiger charge is 2.17. The number of benzene rings is 9. The Morgan fingerprint density at radius 3 is 1.75 bits per heavy atom. The van der Waals surface area contributed by atoms with Crippen LogP contribution in [0.4, 0.5) is 17.1 Å². The van der Waals surface area contributed by atoms with Gasteiger partial charge in [-0.05, 0) is 111 Å². The molecule has 3 nitrogen and oxygen atoms in total. The zero-order valence-corrected chi connectivity index (χ0v) is 28.9. The molecule has 0 aliphatic heterocycles. The highest BCUT2D eigenvalue weighted by molar-refractivity contribution is 6.19. The molecule has 0 saturated heterocycles. The Kier molecular flexibility index (Phi) is 4.91. The molecule has 2 aromatic heterocycles. The number of anilines is 3. The molecule has 0 spiro atoms. The van der Waals surface area contributed by atoms with Gasteiger partial charge in [0.2, 0.25) is 0 Å². The summed E-state index contributed by atoms with van der Waals surface area (Å²) in [5, 5.41) is 2.76. The van der Waals surface area contributed by atoms with E-state index in [4.69, 9.17) is 23.9 Å². The van der Waals surface area contributed by atoms with E-state index >= 15 is 0 Å². The maximum absolute atomic E-state index is 9.55. The summed E-state index contributed by atoms with van der Waals surface area (Å²) in [5.41, 5.74) is 7.22. The molecule has 258 valence electrons. The van der Waals surface area contributed by atoms with Gasteiger partial charge >= 0.3 is 0 Å². The fourth-order valence-corrected chi connectivity index (χ4v) is 7.45. The van der Waals surface area contributed by atoms with Crippen molar-refractivity contribution in [1.29, 1.82) is 0 Å². The third kappa shape index (κ3) is 5.28. The second-order valence-corrected chi connectivity index (χ2v) is 13.2. The number of nitrogens with zero attached hydrogens (tertiary/aromatic N) is 1. The minimum absolute atomic E-state index is 0.00466. The Morgan fingerprint density at radius 1 is 0.364 bits per heavy atom. The van der Waals surface area contributed by atoms with Crippen molar-refractivity contribution in [2.45, 2.75) is 0 Å². The van der Waals surface area contributed by atoms with Crippen LogP contribution in [0, 0.1) is 0 Å². The van der Waals surface area contributed by atoms with Gasteiger partial charge in [0.1, 0.15) is 22.3 Å². The standard InChI is InChI=1S/C52H33NO2/c1-2-9-34(10-3-1)35-19-26-40(27-20-35)53(42-30-23-37(24-31-42)43-13-8-16-49-51(43)44-11-4-6-14-47(44)54-49)41-28-21-36(22-29-41)39-18-17-38-25-32-50-52(46(38)33-39)45-12-5-7-15-48(45)55-50/h1-33H/i1D,2D,3D,5D,7D,9D,10D,12D,15D,25D,32D,33D. The predicted octanol–water partition coefficient (Wildman–Crippen LogP) is 15.1. The van der Waals surface area contributed by atoms with E-state index in [-0.39, 0.29) is 74.5 Å². The lowest BCUT2D eigenvalue weighted by Crippen LogP contribution is -2.09. The van der Waals surface area contributed by atoms with Crippen LogP contribution in [0.2, 0.25) is 0 Å². The zero-order valence-electron chi connectivity index (χ0n) is 40.9. The van der Waals surface area contributed by atoms with Gasteiger partial charge in [0.15, 0.2) is 0 Å². The summed E-state index contributed by atoms with van der Waals surface area (Å²) in [6.07, 6.45) is 0. The smallest absolute Gasteiger partial charge is 0.136 e. The SMILES string of the molecule is [2H]c1c([2H])c([2H])c(-c2ccc(N(c3ccc(-c4ccc5c([2H])c([2H])c6oc7c([2H])c([2H])c([2H])c([2H])c7c6c5c4[2H])cc3)c3ccc(-c4cccc5oc6ccccc6c45)cc3)cc2)c([2H])c1[2H]. The van der Waals surface area contributed by atoms with Crippen LogP contribution in [0.15, 0.2) is 209 Å². The molecular formula is C52H33NO2. The first-order chi connectivity index (χ1) is 32.2. The minimum atomic E-state index is -0.485. The average Bonchev–Trinajstić information content (AvgIpc) is 3.94. The molecule has 0 radical (unpaired) electrons. The number of hydrogen-bond donors (Lipinski definition) is 0. The molecule has 0 aliphatic rings.